The van der Waals surface area contributed by atoms with Gasteiger partial charge < -0.3 is 25.0 Å². The number of ether oxygens (including phenoxy) is 2. The molecule has 1 saturated heterocycles. The first-order valence-electron chi connectivity index (χ1n) is 15.0. The summed E-state index contributed by atoms with van der Waals surface area (Å²) in [4.78, 5) is 55.3. The van der Waals surface area contributed by atoms with Crippen LogP contribution in [0, 0.1) is 11.2 Å². The van der Waals surface area contributed by atoms with Crippen molar-refractivity contribution in [1.29, 1.82) is 0 Å². The van der Waals surface area contributed by atoms with E-state index in [1.54, 1.807) is 32.7 Å². The van der Waals surface area contributed by atoms with Gasteiger partial charge in [0.1, 0.15) is 34.2 Å². The van der Waals surface area contributed by atoms with Gasteiger partial charge in [0.15, 0.2) is 0 Å². The van der Waals surface area contributed by atoms with Gasteiger partial charge in [0, 0.05) is 33.0 Å². The minimum absolute atomic E-state index is 0.0274. The average Bonchev–Trinajstić information content (AvgIpc) is 3.20. The number of alkyl carbamates (subject to hydrolysis) is 1. The number of benzene rings is 2. The number of amides is 4. The van der Waals surface area contributed by atoms with Gasteiger partial charge >= 0.3 is 6.09 Å². The number of likely N-dealkylation sites (tertiary alicyclic amines) is 1. The zero-order valence-electron chi connectivity index (χ0n) is 26.7. The molecule has 45 heavy (non-hydrogen) atoms. The van der Waals surface area contributed by atoms with Crippen molar-refractivity contribution in [2.75, 3.05) is 26.7 Å². The van der Waals surface area contributed by atoms with Crippen molar-refractivity contribution in [2.45, 2.75) is 71.1 Å². The highest BCUT2D eigenvalue weighted by atomic mass is 19.1. The van der Waals surface area contributed by atoms with Crippen LogP contribution in [0.5, 0.6) is 5.75 Å². The molecule has 242 valence electrons. The molecule has 2 aliphatic heterocycles. The van der Waals surface area contributed by atoms with Crippen LogP contribution in [-0.2, 0) is 25.5 Å². The molecular weight excluding hydrogens is 581 g/mol. The van der Waals surface area contributed by atoms with Gasteiger partial charge in [-0.25, -0.2) is 14.2 Å². The molecule has 12 heteroatoms. The van der Waals surface area contributed by atoms with Gasteiger partial charge in [0.2, 0.25) is 11.8 Å². The van der Waals surface area contributed by atoms with E-state index in [1.807, 2.05) is 30.3 Å². The normalized spacial score (nSPS) is 18.9. The first kappa shape index (κ1) is 33.4. The van der Waals surface area contributed by atoms with E-state index in [4.69, 9.17) is 9.47 Å². The molecule has 2 heterocycles. The Balaban J connectivity index is 1.55. The molecule has 1 fully saturated rings. The number of nitrogens with one attached hydrogen (secondary N) is 2. The highest BCUT2D eigenvalue weighted by Crippen LogP contribution is 2.38. The summed E-state index contributed by atoms with van der Waals surface area (Å²) in [6.45, 7) is 8.57. The highest BCUT2D eigenvalue weighted by molar-refractivity contribution is 6.13. The molecule has 0 saturated carbocycles. The number of rotatable bonds is 10. The van der Waals surface area contributed by atoms with E-state index in [9.17, 15) is 23.6 Å². The third kappa shape index (κ3) is 8.17. The van der Waals surface area contributed by atoms with Crippen molar-refractivity contribution < 1.29 is 33.0 Å². The Labute approximate surface area is 263 Å². The summed E-state index contributed by atoms with van der Waals surface area (Å²) in [5, 5.41) is 11.2. The number of hydrazone groups is 1. The minimum atomic E-state index is -1.43. The van der Waals surface area contributed by atoms with E-state index in [0.717, 1.165) is 11.3 Å². The van der Waals surface area contributed by atoms with Crippen LogP contribution >= 0.6 is 0 Å². The maximum Gasteiger partial charge on any atom is 0.408 e. The van der Waals surface area contributed by atoms with Gasteiger partial charge in [-0.05, 0) is 70.9 Å². The van der Waals surface area contributed by atoms with Crippen molar-refractivity contribution in [3.63, 3.8) is 0 Å². The molecule has 2 atom stereocenters. The van der Waals surface area contributed by atoms with Crippen molar-refractivity contribution in [3.05, 3.63) is 66.0 Å². The number of hydrogen-bond acceptors (Lipinski definition) is 7. The summed E-state index contributed by atoms with van der Waals surface area (Å²) in [5.74, 6) is -1.20. The zero-order valence-corrected chi connectivity index (χ0v) is 26.7. The number of piperidine rings is 1. The lowest BCUT2D eigenvalue weighted by atomic mass is 9.73. The molecule has 0 aromatic heterocycles. The largest absolute Gasteiger partial charge is 0.493 e. The maximum atomic E-state index is 14.2. The Hall–Kier alpha value is -4.48. The van der Waals surface area contributed by atoms with Crippen molar-refractivity contribution in [3.8, 4) is 5.75 Å². The van der Waals surface area contributed by atoms with Gasteiger partial charge in [-0.15, -0.1) is 0 Å². The second kappa shape index (κ2) is 13.3. The third-order valence-corrected chi connectivity index (χ3v) is 7.74. The van der Waals surface area contributed by atoms with Gasteiger partial charge in [0.05, 0.1) is 12.3 Å². The number of carbonyl (C=O) groups excluding carboxylic acids is 4. The van der Waals surface area contributed by atoms with Gasteiger partial charge in [0.25, 0.3) is 5.91 Å². The first-order chi connectivity index (χ1) is 21.1. The fourth-order valence-corrected chi connectivity index (χ4v) is 5.47. The molecule has 0 radical (unpaired) electrons. The lowest BCUT2D eigenvalue weighted by molar-refractivity contribution is -0.142. The van der Waals surface area contributed by atoms with E-state index in [-0.39, 0.29) is 25.5 Å². The maximum absolute atomic E-state index is 14.2. The monoisotopic (exact) mass is 623 g/mol. The lowest BCUT2D eigenvalue weighted by Gasteiger charge is -2.41. The molecule has 2 aliphatic rings. The van der Waals surface area contributed by atoms with E-state index >= 15 is 0 Å². The Kier molecular flexibility index (Phi) is 9.84. The fraction of sp³-hybridized carbons (Fsp3) is 0.485. The Morgan fingerprint density at radius 3 is 2.36 bits per heavy atom. The first-order valence-corrected chi connectivity index (χ1v) is 15.0. The second-order valence-electron chi connectivity index (χ2n) is 13.0. The molecule has 2 N–H and O–H groups in total. The number of hydrogen-bond donors (Lipinski definition) is 2. The van der Waals surface area contributed by atoms with E-state index in [0.29, 0.717) is 25.1 Å². The molecule has 0 aliphatic carbocycles. The van der Waals surface area contributed by atoms with Crippen LogP contribution in [-0.4, -0.2) is 83.4 Å². The van der Waals surface area contributed by atoms with Crippen LogP contribution in [0.2, 0.25) is 0 Å². The van der Waals surface area contributed by atoms with Crippen molar-refractivity contribution in [1.82, 2.24) is 20.5 Å². The molecule has 1 unspecified atom stereocenters. The summed E-state index contributed by atoms with van der Waals surface area (Å²) >= 11 is 0. The number of halogens is 1. The minimum Gasteiger partial charge on any atom is -0.493 e. The predicted octanol–water partition coefficient (Wildman–Crippen LogP) is 3.67. The predicted molar refractivity (Wildman–Crippen MR) is 166 cm³/mol. The number of carbonyl (C=O) groups is 4. The Morgan fingerprint density at radius 1 is 1.04 bits per heavy atom. The molecule has 11 nitrogen and oxygen atoms in total. The van der Waals surface area contributed by atoms with Crippen molar-refractivity contribution >= 4 is 29.5 Å². The quantitative estimate of drug-likeness (QED) is 0.416. The Bertz CT molecular complexity index is 1440. The van der Waals surface area contributed by atoms with Gasteiger partial charge in [-0.2, -0.15) is 5.10 Å². The van der Waals surface area contributed by atoms with Gasteiger partial charge in [-0.3, -0.25) is 14.4 Å². The topological polar surface area (TPSA) is 130 Å². The van der Waals surface area contributed by atoms with Crippen LogP contribution in [0.4, 0.5) is 9.18 Å². The van der Waals surface area contributed by atoms with Crippen LogP contribution in [0.1, 0.15) is 53.0 Å². The summed E-state index contributed by atoms with van der Waals surface area (Å²) in [5.41, 5.74) is -1.56. The van der Waals surface area contributed by atoms with E-state index in [2.05, 4.69) is 15.7 Å². The number of nitrogens with zero attached hydrogens (tertiary/aromatic N) is 3. The standard InChI is InChI=1S/C33H42FN5O6/c1-31(2,3)45-30(43)36-32(4,5)28(41)35-25(17-19-44-24-14-12-23(34)13-15-24)27(40)39-18-16-26-33(21-39,29(42)38(6)37-26)20-22-10-8-7-9-11-22/h7-15,25H,16-21H2,1-6H3,(H,35,41)(H,36,43)/t25?,33-/m1/s1. The molecule has 0 bridgehead atoms. The molecule has 2 aromatic rings. The second-order valence-corrected chi connectivity index (χ2v) is 13.0. The average molecular weight is 624 g/mol. The molecule has 0 spiro atoms. The molecular formula is C33H42FN5O6. The molecule has 2 aromatic carbocycles. The van der Waals surface area contributed by atoms with Crippen LogP contribution in [0.15, 0.2) is 59.7 Å². The third-order valence-electron chi connectivity index (χ3n) is 7.74. The molecule has 4 rings (SSSR count). The van der Waals surface area contributed by atoms with E-state index in [1.165, 1.54) is 43.1 Å². The van der Waals surface area contributed by atoms with Crippen LogP contribution < -0.4 is 15.4 Å². The molecule has 4 amide bonds. The van der Waals surface area contributed by atoms with Crippen LogP contribution in [0.25, 0.3) is 0 Å². The summed E-state index contributed by atoms with van der Waals surface area (Å²) in [7, 11) is 1.61. The zero-order chi connectivity index (χ0) is 33.0. The summed E-state index contributed by atoms with van der Waals surface area (Å²) < 4.78 is 24.4. The smallest absolute Gasteiger partial charge is 0.408 e. The lowest BCUT2D eigenvalue weighted by Crippen LogP contribution is -2.62. The summed E-state index contributed by atoms with van der Waals surface area (Å²) in [6.07, 6.45) is 0.0610. The van der Waals surface area contributed by atoms with Crippen LogP contribution in [0.3, 0.4) is 0 Å². The van der Waals surface area contributed by atoms with Gasteiger partial charge in [-0.1, -0.05) is 30.3 Å². The van der Waals surface area contributed by atoms with Crippen molar-refractivity contribution in [2.24, 2.45) is 10.5 Å². The fourth-order valence-electron chi connectivity index (χ4n) is 5.47. The summed E-state index contributed by atoms with van der Waals surface area (Å²) in [6, 6.07) is 14.0. The van der Waals surface area contributed by atoms with E-state index < -0.39 is 46.3 Å². The number of fused-ring (bicyclic) bond motifs is 1. The highest BCUT2D eigenvalue weighted by Gasteiger charge is 2.54. The SMILES string of the molecule is CN1N=C2CCN(C(=O)C(CCOc3ccc(F)cc3)NC(=O)C(C)(C)NC(=O)OC(C)(C)C)C[C@@]2(Cc2ccccc2)C1=O. The Morgan fingerprint density at radius 2 is 1.71 bits per heavy atom.